The summed E-state index contributed by atoms with van der Waals surface area (Å²) in [6, 6.07) is 17.9. The highest BCUT2D eigenvalue weighted by atomic mass is 16.5. The topological polar surface area (TPSA) is 12.5 Å². The molecule has 23 heavy (non-hydrogen) atoms. The molecule has 2 atom stereocenters. The van der Waals surface area contributed by atoms with Gasteiger partial charge in [-0.1, -0.05) is 42.0 Å². The van der Waals surface area contributed by atoms with Crippen LogP contribution in [0.4, 0.5) is 5.69 Å². The van der Waals surface area contributed by atoms with Gasteiger partial charge < -0.3 is 9.64 Å². The number of rotatable bonds is 4. The van der Waals surface area contributed by atoms with E-state index in [0.29, 0.717) is 12.2 Å². The minimum absolute atomic E-state index is 0.305. The SMILES string of the molecule is Cc1cccc(CCc2ccc(N3C[C@@H](C)O[C@@H](C)C3)cc2)c1. The van der Waals surface area contributed by atoms with Crippen molar-refractivity contribution in [3.63, 3.8) is 0 Å². The number of anilines is 1. The van der Waals surface area contributed by atoms with Crippen molar-refractivity contribution in [2.24, 2.45) is 0 Å². The second kappa shape index (κ2) is 7.18. The lowest BCUT2D eigenvalue weighted by Gasteiger charge is -2.36. The Morgan fingerprint density at radius 1 is 0.913 bits per heavy atom. The number of nitrogens with zero attached hydrogens (tertiary/aromatic N) is 1. The van der Waals surface area contributed by atoms with E-state index in [4.69, 9.17) is 4.74 Å². The van der Waals surface area contributed by atoms with Gasteiger partial charge >= 0.3 is 0 Å². The Kier molecular flexibility index (Phi) is 5.02. The molecule has 0 unspecified atom stereocenters. The lowest BCUT2D eigenvalue weighted by Crippen LogP contribution is -2.45. The van der Waals surface area contributed by atoms with E-state index in [1.165, 1.54) is 22.4 Å². The second-order valence-corrected chi connectivity index (χ2v) is 6.82. The summed E-state index contributed by atoms with van der Waals surface area (Å²) in [7, 11) is 0. The van der Waals surface area contributed by atoms with Gasteiger partial charge in [0.1, 0.15) is 0 Å². The molecule has 1 aliphatic rings. The molecule has 1 heterocycles. The summed E-state index contributed by atoms with van der Waals surface area (Å²) in [6.45, 7) is 8.42. The Bertz CT molecular complexity index is 625. The zero-order valence-electron chi connectivity index (χ0n) is 14.5. The molecule has 0 radical (unpaired) electrons. The first-order chi connectivity index (χ1) is 11.1. The Labute approximate surface area is 140 Å². The van der Waals surface area contributed by atoms with E-state index in [-0.39, 0.29) is 0 Å². The van der Waals surface area contributed by atoms with Crippen LogP contribution in [-0.2, 0) is 17.6 Å². The third-order valence-corrected chi connectivity index (χ3v) is 4.51. The van der Waals surface area contributed by atoms with E-state index in [1.807, 2.05) is 0 Å². The van der Waals surface area contributed by atoms with Crippen molar-refractivity contribution in [2.45, 2.75) is 45.8 Å². The highest BCUT2D eigenvalue weighted by Gasteiger charge is 2.22. The monoisotopic (exact) mass is 309 g/mol. The highest BCUT2D eigenvalue weighted by Crippen LogP contribution is 2.21. The molecule has 1 aliphatic heterocycles. The fourth-order valence-corrected chi connectivity index (χ4v) is 3.42. The molecular weight excluding hydrogens is 282 g/mol. The van der Waals surface area contributed by atoms with Gasteiger partial charge in [-0.2, -0.15) is 0 Å². The lowest BCUT2D eigenvalue weighted by atomic mass is 10.0. The smallest absolute Gasteiger partial charge is 0.0726 e. The van der Waals surface area contributed by atoms with Gasteiger partial charge in [0.05, 0.1) is 12.2 Å². The summed E-state index contributed by atoms with van der Waals surface area (Å²) in [5.41, 5.74) is 5.48. The number of ether oxygens (including phenoxy) is 1. The molecule has 0 spiro atoms. The lowest BCUT2D eigenvalue weighted by molar-refractivity contribution is -0.00521. The van der Waals surface area contributed by atoms with Crippen LogP contribution in [0.2, 0.25) is 0 Å². The number of aryl methyl sites for hydroxylation is 3. The Balaban J connectivity index is 1.61. The van der Waals surface area contributed by atoms with E-state index in [1.54, 1.807) is 0 Å². The van der Waals surface area contributed by atoms with Crippen LogP contribution in [0.25, 0.3) is 0 Å². The van der Waals surface area contributed by atoms with Gasteiger partial charge in [-0.15, -0.1) is 0 Å². The van der Waals surface area contributed by atoms with E-state index in [2.05, 4.69) is 74.2 Å². The molecule has 0 aliphatic carbocycles. The number of morpholine rings is 1. The zero-order valence-corrected chi connectivity index (χ0v) is 14.5. The maximum Gasteiger partial charge on any atom is 0.0726 e. The number of hydrogen-bond acceptors (Lipinski definition) is 2. The van der Waals surface area contributed by atoms with Crippen molar-refractivity contribution >= 4 is 5.69 Å². The van der Waals surface area contributed by atoms with Gasteiger partial charge in [0, 0.05) is 18.8 Å². The average Bonchev–Trinajstić information content (AvgIpc) is 2.53. The largest absolute Gasteiger partial charge is 0.372 e. The van der Waals surface area contributed by atoms with Crippen LogP contribution in [0, 0.1) is 6.92 Å². The first-order valence-electron chi connectivity index (χ1n) is 8.65. The summed E-state index contributed by atoms with van der Waals surface area (Å²) in [6.07, 6.45) is 2.81. The second-order valence-electron chi connectivity index (χ2n) is 6.82. The third kappa shape index (κ3) is 4.35. The molecule has 1 saturated heterocycles. The van der Waals surface area contributed by atoms with Crippen molar-refractivity contribution in [1.29, 1.82) is 0 Å². The molecule has 0 amide bonds. The molecule has 2 aromatic carbocycles. The van der Waals surface area contributed by atoms with Crippen molar-refractivity contribution in [3.8, 4) is 0 Å². The molecule has 0 bridgehead atoms. The zero-order chi connectivity index (χ0) is 16.2. The molecule has 2 aromatic rings. The summed E-state index contributed by atoms with van der Waals surface area (Å²) in [5.74, 6) is 0. The van der Waals surface area contributed by atoms with E-state index in [0.717, 1.165) is 25.9 Å². The summed E-state index contributed by atoms with van der Waals surface area (Å²) in [5, 5.41) is 0. The van der Waals surface area contributed by atoms with Gasteiger partial charge in [-0.05, 0) is 56.9 Å². The Morgan fingerprint density at radius 3 is 2.22 bits per heavy atom. The Morgan fingerprint density at radius 2 is 1.57 bits per heavy atom. The van der Waals surface area contributed by atoms with Gasteiger partial charge in [0.25, 0.3) is 0 Å². The maximum absolute atomic E-state index is 5.82. The van der Waals surface area contributed by atoms with Gasteiger partial charge in [0.15, 0.2) is 0 Å². The summed E-state index contributed by atoms with van der Waals surface area (Å²) < 4.78 is 5.82. The molecule has 0 saturated carbocycles. The molecule has 1 fully saturated rings. The first-order valence-corrected chi connectivity index (χ1v) is 8.65. The van der Waals surface area contributed by atoms with E-state index < -0.39 is 0 Å². The van der Waals surface area contributed by atoms with Crippen LogP contribution < -0.4 is 4.90 Å². The van der Waals surface area contributed by atoms with Crippen LogP contribution in [0.1, 0.15) is 30.5 Å². The van der Waals surface area contributed by atoms with Crippen LogP contribution in [0.3, 0.4) is 0 Å². The number of hydrogen-bond donors (Lipinski definition) is 0. The fourth-order valence-electron chi connectivity index (χ4n) is 3.42. The predicted octanol–water partition coefficient (Wildman–Crippen LogP) is 4.39. The molecule has 3 rings (SSSR count). The van der Waals surface area contributed by atoms with Crippen molar-refractivity contribution in [3.05, 3.63) is 65.2 Å². The van der Waals surface area contributed by atoms with Gasteiger partial charge in [-0.25, -0.2) is 0 Å². The first kappa shape index (κ1) is 16.1. The molecule has 0 aromatic heterocycles. The molecule has 2 heteroatoms. The molecule has 122 valence electrons. The van der Waals surface area contributed by atoms with E-state index in [9.17, 15) is 0 Å². The maximum atomic E-state index is 5.82. The van der Waals surface area contributed by atoms with Crippen molar-refractivity contribution in [2.75, 3.05) is 18.0 Å². The van der Waals surface area contributed by atoms with Crippen LogP contribution >= 0.6 is 0 Å². The van der Waals surface area contributed by atoms with Crippen LogP contribution in [0.5, 0.6) is 0 Å². The van der Waals surface area contributed by atoms with Crippen molar-refractivity contribution in [1.82, 2.24) is 0 Å². The van der Waals surface area contributed by atoms with E-state index >= 15 is 0 Å². The van der Waals surface area contributed by atoms with Crippen LogP contribution in [0.15, 0.2) is 48.5 Å². The standard InChI is InChI=1S/C21H27NO/c1-16-5-4-6-20(13-16)8-7-19-9-11-21(12-10-19)22-14-17(2)23-18(3)15-22/h4-6,9-13,17-18H,7-8,14-15H2,1-3H3/t17-,18+. The minimum Gasteiger partial charge on any atom is -0.372 e. The molecule has 2 nitrogen and oxygen atoms in total. The molecule has 0 N–H and O–H groups in total. The fraction of sp³-hybridized carbons (Fsp3) is 0.429. The van der Waals surface area contributed by atoms with Gasteiger partial charge in [0.2, 0.25) is 0 Å². The number of benzene rings is 2. The third-order valence-electron chi connectivity index (χ3n) is 4.51. The van der Waals surface area contributed by atoms with Crippen molar-refractivity contribution < 1.29 is 4.74 Å². The minimum atomic E-state index is 0.305. The normalized spacial score (nSPS) is 21.4. The predicted molar refractivity (Wildman–Crippen MR) is 97.3 cm³/mol. The highest BCUT2D eigenvalue weighted by molar-refractivity contribution is 5.48. The molecular formula is C21H27NO. The summed E-state index contributed by atoms with van der Waals surface area (Å²) >= 11 is 0. The Hall–Kier alpha value is -1.80. The quantitative estimate of drug-likeness (QED) is 0.830. The van der Waals surface area contributed by atoms with Crippen LogP contribution in [-0.4, -0.2) is 25.3 Å². The average molecular weight is 309 g/mol. The summed E-state index contributed by atoms with van der Waals surface area (Å²) in [4.78, 5) is 2.43. The van der Waals surface area contributed by atoms with Gasteiger partial charge in [-0.3, -0.25) is 0 Å².